The van der Waals surface area contributed by atoms with Crippen molar-refractivity contribution in [3.63, 3.8) is 0 Å². The molecule has 21 heavy (non-hydrogen) atoms. The molecular weight excluding hydrogens is 270 g/mol. The highest BCUT2D eigenvalue weighted by Gasteiger charge is 2.28. The van der Waals surface area contributed by atoms with Crippen LogP contribution in [0.15, 0.2) is 0 Å². The average Bonchev–Trinajstić information content (AvgIpc) is 2.95. The van der Waals surface area contributed by atoms with Crippen molar-refractivity contribution >= 4 is 5.97 Å². The molecule has 0 amide bonds. The van der Waals surface area contributed by atoms with E-state index in [2.05, 4.69) is 17.2 Å². The lowest BCUT2D eigenvalue weighted by molar-refractivity contribution is 0.0592. The summed E-state index contributed by atoms with van der Waals surface area (Å²) in [4.78, 5) is 11.8. The van der Waals surface area contributed by atoms with Crippen LogP contribution in [0, 0.1) is 5.92 Å². The largest absolute Gasteiger partial charge is 0.464 e. The summed E-state index contributed by atoms with van der Waals surface area (Å²) >= 11 is 0. The molecular formula is C15H25N3O3. The Morgan fingerprint density at radius 1 is 1.38 bits per heavy atom. The molecule has 2 rings (SSSR count). The number of hydrogen-bond donors (Lipinski definition) is 0. The van der Waals surface area contributed by atoms with E-state index in [0.717, 1.165) is 24.5 Å². The van der Waals surface area contributed by atoms with Crippen LogP contribution in [0.3, 0.4) is 0 Å². The molecule has 0 saturated heterocycles. The zero-order valence-electron chi connectivity index (χ0n) is 13.2. The number of carbonyl (C=O) groups excluding carboxylic acids is 1. The maximum atomic E-state index is 11.8. The van der Waals surface area contributed by atoms with Gasteiger partial charge in [-0.2, -0.15) is 0 Å². The first kappa shape index (κ1) is 15.9. The van der Waals surface area contributed by atoms with Crippen molar-refractivity contribution in [1.82, 2.24) is 15.0 Å². The van der Waals surface area contributed by atoms with Crippen LogP contribution in [0.5, 0.6) is 0 Å². The van der Waals surface area contributed by atoms with Crippen LogP contribution in [-0.4, -0.2) is 41.8 Å². The second kappa shape index (κ2) is 7.54. The lowest BCUT2D eigenvalue weighted by Gasteiger charge is -2.29. The summed E-state index contributed by atoms with van der Waals surface area (Å²) in [7, 11) is 3.02. The molecule has 1 saturated carbocycles. The van der Waals surface area contributed by atoms with Gasteiger partial charge >= 0.3 is 5.97 Å². The molecule has 1 aliphatic rings. The number of ether oxygens (including phenoxy) is 2. The standard InChI is InChI=1S/C15H25N3O3/c1-4-11-6-5-7-12(10-11)18-13(8-9-20-2)14(16-17-18)15(19)21-3/h11-12H,4-10H2,1-3H3. The number of aromatic nitrogens is 3. The first-order chi connectivity index (χ1) is 10.2. The Bertz CT molecular complexity index is 473. The Labute approximate surface area is 125 Å². The lowest BCUT2D eigenvalue weighted by atomic mass is 9.84. The predicted molar refractivity (Wildman–Crippen MR) is 78.2 cm³/mol. The van der Waals surface area contributed by atoms with Crippen LogP contribution in [0.25, 0.3) is 0 Å². The van der Waals surface area contributed by atoms with Crippen molar-refractivity contribution in [3.05, 3.63) is 11.4 Å². The van der Waals surface area contributed by atoms with E-state index in [1.807, 2.05) is 4.68 Å². The Morgan fingerprint density at radius 3 is 2.86 bits per heavy atom. The molecule has 1 heterocycles. The van der Waals surface area contributed by atoms with Crippen molar-refractivity contribution in [3.8, 4) is 0 Å². The first-order valence-corrected chi connectivity index (χ1v) is 7.72. The van der Waals surface area contributed by atoms with E-state index >= 15 is 0 Å². The maximum Gasteiger partial charge on any atom is 0.360 e. The van der Waals surface area contributed by atoms with Crippen molar-refractivity contribution in [2.24, 2.45) is 5.92 Å². The van der Waals surface area contributed by atoms with E-state index in [-0.39, 0.29) is 0 Å². The summed E-state index contributed by atoms with van der Waals surface area (Å²) in [6, 6.07) is 0.335. The Hall–Kier alpha value is -1.43. The van der Waals surface area contributed by atoms with Gasteiger partial charge in [-0.1, -0.05) is 31.4 Å². The quantitative estimate of drug-likeness (QED) is 0.754. The molecule has 1 aromatic rings. The molecule has 0 spiro atoms. The molecule has 0 aliphatic heterocycles. The Balaban J connectivity index is 2.25. The van der Waals surface area contributed by atoms with Gasteiger partial charge in [-0.25, -0.2) is 9.48 Å². The van der Waals surface area contributed by atoms with E-state index in [9.17, 15) is 4.79 Å². The zero-order valence-corrected chi connectivity index (χ0v) is 13.2. The summed E-state index contributed by atoms with van der Waals surface area (Å²) in [6.45, 7) is 2.78. The van der Waals surface area contributed by atoms with Gasteiger partial charge in [0.05, 0.1) is 25.5 Å². The normalized spacial score (nSPS) is 22.2. The molecule has 1 fully saturated rings. The maximum absolute atomic E-state index is 11.8. The van der Waals surface area contributed by atoms with Crippen molar-refractivity contribution in [2.75, 3.05) is 20.8 Å². The van der Waals surface area contributed by atoms with Gasteiger partial charge in [0, 0.05) is 13.5 Å². The minimum Gasteiger partial charge on any atom is -0.464 e. The lowest BCUT2D eigenvalue weighted by Crippen LogP contribution is -2.22. The summed E-state index contributed by atoms with van der Waals surface area (Å²) < 4.78 is 11.9. The van der Waals surface area contributed by atoms with Crippen molar-refractivity contribution in [1.29, 1.82) is 0 Å². The summed E-state index contributed by atoms with van der Waals surface area (Å²) in [5, 5.41) is 8.29. The van der Waals surface area contributed by atoms with Gasteiger partial charge in [-0.15, -0.1) is 5.10 Å². The number of methoxy groups -OCH3 is 2. The SMILES string of the molecule is CCC1CCCC(n2nnc(C(=O)OC)c2CCOC)C1. The van der Waals surface area contributed by atoms with Crippen LogP contribution in [0.2, 0.25) is 0 Å². The molecule has 0 bridgehead atoms. The molecule has 118 valence electrons. The van der Waals surface area contributed by atoms with E-state index < -0.39 is 5.97 Å². The molecule has 1 aromatic heterocycles. The summed E-state index contributed by atoms with van der Waals surface area (Å²) in [5.41, 5.74) is 1.17. The number of hydrogen-bond acceptors (Lipinski definition) is 5. The minimum absolute atomic E-state index is 0.327. The van der Waals surface area contributed by atoms with Crippen LogP contribution in [0.1, 0.15) is 61.3 Å². The highest BCUT2D eigenvalue weighted by molar-refractivity contribution is 5.88. The third-order valence-electron chi connectivity index (χ3n) is 4.39. The highest BCUT2D eigenvalue weighted by Crippen LogP contribution is 2.34. The van der Waals surface area contributed by atoms with Gasteiger partial charge < -0.3 is 9.47 Å². The van der Waals surface area contributed by atoms with Gasteiger partial charge in [0.25, 0.3) is 0 Å². The predicted octanol–water partition coefficient (Wildman–Crippen LogP) is 2.39. The van der Waals surface area contributed by atoms with Crippen LogP contribution in [-0.2, 0) is 15.9 Å². The minimum atomic E-state index is -0.421. The van der Waals surface area contributed by atoms with Crippen LogP contribution < -0.4 is 0 Å². The summed E-state index contributed by atoms with van der Waals surface area (Å²) in [5.74, 6) is 0.319. The van der Waals surface area contributed by atoms with E-state index in [0.29, 0.717) is 24.8 Å². The van der Waals surface area contributed by atoms with Crippen molar-refractivity contribution < 1.29 is 14.3 Å². The van der Waals surface area contributed by atoms with Crippen LogP contribution >= 0.6 is 0 Å². The van der Waals surface area contributed by atoms with Gasteiger partial charge in [0.1, 0.15) is 0 Å². The second-order valence-corrected chi connectivity index (χ2v) is 5.66. The van der Waals surface area contributed by atoms with Gasteiger partial charge in [0.15, 0.2) is 5.69 Å². The molecule has 2 atom stereocenters. The molecule has 0 aromatic carbocycles. The molecule has 6 heteroatoms. The number of rotatable bonds is 6. The summed E-state index contributed by atoms with van der Waals surface area (Å²) in [6.07, 6.45) is 6.53. The average molecular weight is 295 g/mol. The van der Waals surface area contributed by atoms with Gasteiger partial charge in [-0.3, -0.25) is 0 Å². The van der Waals surface area contributed by atoms with Gasteiger partial charge in [-0.05, 0) is 18.8 Å². The van der Waals surface area contributed by atoms with Crippen LogP contribution in [0.4, 0.5) is 0 Å². The zero-order chi connectivity index (χ0) is 15.2. The monoisotopic (exact) mass is 295 g/mol. The Morgan fingerprint density at radius 2 is 2.19 bits per heavy atom. The Kier molecular flexibility index (Phi) is 5.73. The molecule has 6 nitrogen and oxygen atoms in total. The first-order valence-electron chi connectivity index (χ1n) is 7.72. The third kappa shape index (κ3) is 3.61. The van der Waals surface area contributed by atoms with Crippen molar-refractivity contribution in [2.45, 2.75) is 51.5 Å². The fourth-order valence-corrected chi connectivity index (χ4v) is 3.15. The van der Waals surface area contributed by atoms with E-state index in [1.54, 1.807) is 7.11 Å². The smallest absolute Gasteiger partial charge is 0.360 e. The topological polar surface area (TPSA) is 66.2 Å². The molecule has 2 unspecified atom stereocenters. The molecule has 0 N–H and O–H groups in total. The number of nitrogens with zero attached hydrogens (tertiary/aromatic N) is 3. The molecule has 0 radical (unpaired) electrons. The fourth-order valence-electron chi connectivity index (χ4n) is 3.15. The number of carbonyl (C=O) groups is 1. The fraction of sp³-hybridized carbons (Fsp3) is 0.800. The second-order valence-electron chi connectivity index (χ2n) is 5.66. The van der Waals surface area contributed by atoms with Gasteiger partial charge in [0.2, 0.25) is 0 Å². The van der Waals surface area contributed by atoms with E-state index in [1.165, 1.54) is 26.4 Å². The highest BCUT2D eigenvalue weighted by atomic mass is 16.5. The van der Waals surface area contributed by atoms with E-state index in [4.69, 9.17) is 9.47 Å². The number of esters is 1. The third-order valence-corrected chi connectivity index (χ3v) is 4.39. The molecule has 1 aliphatic carbocycles.